The highest BCUT2D eigenvalue weighted by molar-refractivity contribution is 7.11. The van der Waals surface area contributed by atoms with E-state index in [-0.39, 0.29) is 0 Å². The molecule has 0 unspecified atom stereocenters. The number of hydrogen-bond donors (Lipinski definition) is 0. The molecule has 1 aromatic heterocycles. The van der Waals surface area contributed by atoms with E-state index in [9.17, 15) is 0 Å². The van der Waals surface area contributed by atoms with E-state index in [0.717, 1.165) is 17.0 Å². The van der Waals surface area contributed by atoms with E-state index in [2.05, 4.69) is 11.9 Å². The fourth-order valence-electron chi connectivity index (χ4n) is 1.31. The highest BCUT2D eigenvalue weighted by Crippen LogP contribution is 2.24. The third-order valence-electron chi connectivity index (χ3n) is 2.01. The van der Waals surface area contributed by atoms with Crippen LogP contribution in [0.3, 0.4) is 0 Å². The van der Waals surface area contributed by atoms with Crippen LogP contribution in [-0.2, 0) is 6.42 Å². The van der Waals surface area contributed by atoms with E-state index in [0.29, 0.717) is 10.0 Å². The van der Waals surface area contributed by atoms with Gasteiger partial charge in [0.2, 0.25) is 0 Å². The van der Waals surface area contributed by atoms with Crippen LogP contribution in [0.15, 0.2) is 24.4 Å². The second-order valence-electron chi connectivity index (χ2n) is 3.29. The summed E-state index contributed by atoms with van der Waals surface area (Å²) in [4.78, 5) is 5.53. The van der Waals surface area contributed by atoms with Gasteiger partial charge in [-0.1, -0.05) is 29.3 Å². The minimum absolute atomic E-state index is 0.593. The topological polar surface area (TPSA) is 12.9 Å². The van der Waals surface area contributed by atoms with Crippen LogP contribution in [0.25, 0.3) is 0 Å². The first-order chi connectivity index (χ1) is 7.15. The molecule has 0 fully saturated rings. The maximum Gasteiger partial charge on any atom is 0.0971 e. The zero-order valence-electron chi connectivity index (χ0n) is 8.13. The summed E-state index contributed by atoms with van der Waals surface area (Å²) in [6.07, 6.45) is 2.70. The Morgan fingerprint density at radius 1 is 1.27 bits per heavy atom. The zero-order valence-corrected chi connectivity index (χ0v) is 10.5. The molecule has 78 valence electrons. The average molecular weight is 258 g/mol. The maximum absolute atomic E-state index is 5.94. The van der Waals surface area contributed by atoms with Crippen LogP contribution in [0.4, 0.5) is 0 Å². The van der Waals surface area contributed by atoms with Gasteiger partial charge in [0.15, 0.2) is 0 Å². The van der Waals surface area contributed by atoms with Crippen molar-refractivity contribution in [1.82, 2.24) is 4.98 Å². The van der Waals surface area contributed by atoms with Crippen LogP contribution in [0.5, 0.6) is 0 Å². The molecule has 1 aromatic carbocycles. The Balaban J connectivity index is 2.21. The molecule has 1 nitrogen and oxygen atoms in total. The Hall–Kier alpha value is -0.570. The lowest BCUT2D eigenvalue weighted by Crippen LogP contribution is -1.86. The van der Waals surface area contributed by atoms with Crippen LogP contribution in [-0.4, -0.2) is 4.98 Å². The largest absolute Gasteiger partial charge is 0.249 e. The predicted octanol–water partition coefficient (Wildman–Crippen LogP) is 4.35. The first kappa shape index (κ1) is 10.9. The number of thiazole rings is 1. The number of benzene rings is 1. The fourth-order valence-corrected chi connectivity index (χ4v) is 2.45. The van der Waals surface area contributed by atoms with E-state index in [1.165, 1.54) is 4.88 Å². The zero-order chi connectivity index (χ0) is 10.8. The van der Waals surface area contributed by atoms with Crippen molar-refractivity contribution in [3.05, 3.63) is 49.9 Å². The molecule has 0 saturated carbocycles. The number of halogens is 2. The SMILES string of the molecule is Cc1cnc(Cc2ccc(Cl)c(Cl)c2)s1. The summed E-state index contributed by atoms with van der Waals surface area (Å²) in [6.45, 7) is 2.05. The molecule has 0 aliphatic carbocycles. The van der Waals surface area contributed by atoms with Gasteiger partial charge in [0.05, 0.1) is 15.1 Å². The fraction of sp³-hybridized carbons (Fsp3) is 0.182. The second kappa shape index (κ2) is 4.52. The minimum Gasteiger partial charge on any atom is -0.249 e. The molecular weight excluding hydrogens is 249 g/mol. The van der Waals surface area contributed by atoms with Gasteiger partial charge in [0.1, 0.15) is 0 Å². The van der Waals surface area contributed by atoms with Gasteiger partial charge in [-0.15, -0.1) is 11.3 Å². The van der Waals surface area contributed by atoms with Crippen LogP contribution in [0, 0.1) is 6.92 Å². The number of aryl methyl sites for hydroxylation is 1. The lowest BCUT2D eigenvalue weighted by molar-refractivity contribution is 1.14. The Bertz CT molecular complexity index is 479. The lowest BCUT2D eigenvalue weighted by Gasteiger charge is -2.00. The van der Waals surface area contributed by atoms with Gasteiger partial charge >= 0.3 is 0 Å². The standard InChI is InChI=1S/C11H9Cl2NS/c1-7-6-14-11(15-7)5-8-2-3-9(12)10(13)4-8/h2-4,6H,5H2,1H3. The van der Waals surface area contributed by atoms with E-state index >= 15 is 0 Å². The van der Waals surface area contributed by atoms with Gasteiger partial charge in [-0.2, -0.15) is 0 Å². The summed E-state index contributed by atoms with van der Waals surface area (Å²) in [5.41, 5.74) is 1.14. The van der Waals surface area contributed by atoms with Crippen LogP contribution >= 0.6 is 34.5 Å². The third-order valence-corrected chi connectivity index (χ3v) is 3.66. The quantitative estimate of drug-likeness (QED) is 0.780. The minimum atomic E-state index is 0.593. The summed E-state index contributed by atoms with van der Waals surface area (Å²) in [7, 11) is 0. The van der Waals surface area contributed by atoms with Crippen LogP contribution in [0.2, 0.25) is 10.0 Å². The Morgan fingerprint density at radius 2 is 2.07 bits per heavy atom. The first-order valence-electron chi connectivity index (χ1n) is 4.50. The third kappa shape index (κ3) is 2.71. The van der Waals surface area contributed by atoms with Gasteiger partial charge in [0.25, 0.3) is 0 Å². The molecule has 0 aliphatic rings. The normalized spacial score (nSPS) is 10.6. The molecular formula is C11H9Cl2NS. The summed E-state index contributed by atoms with van der Waals surface area (Å²) < 4.78 is 0. The van der Waals surface area contributed by atoms with E-state index in [1.54, 1.807) is 11.3 Å². The predicted molar refractivity (Wildman–Crippen MR) is 66.1 cm³/mol. The Labute approximate surface area is 103 Å². The molecule has 0 saturated heterocycles. The van der Waals surface area contributed by atoms with Crippen molar-refractivity contribution >= 4 is 34.5 Å². The smallest absolute Gasteiger partial charge is 0.0971 e. The Kier molecular flexibility index (Phi) is 3.29. The summed E-state index contributed by atoms with van der Waals surface area (Å²) in [5.74, 6) is 0. The second-order valence-corrected chi connectivity index (χ2v) is 5.42. The molecule has 0 aliphatic heterocycles. The number of nitrogens with zero attached hydrogens (tertiary/aromatic N) is 1. The number of rotatable bonds is 2. The number of hydrogen-bond acceptors (Lipinski definition) is 2. The van der Waals surface area contributed by atoms with Crippen molar-refractivity contribution in [2.75, 3.05) is 0 Å². The van der Waals surface area contributed by atoms with E-state index < -0.39 is 0 Å². The molecule has 0 N–H and O–H groups in total. The van der Waals surface area contributed by atoms with Crippen LogP contribution in [0.1, 0.15) is 15.4 Å². The summed E-state index contributed by atoms with van der Waals surface area (Å²) in [5, 5.41) is 2.30. The van der Waals surface area contributed by atoms with Crippen molar-refractivity contribution in [1.29, 1.82) is 0 Å². The van der Waals surface area contributed by atoms with Gasteiger partial charge in [-0.05, 0) is 24.6 Å². The molecule has 1 heterocycles. The maximum atomic E-state index is 5.94. The van der Waals surface area contributed by atoms with Crippen molar-refractivity contribution in [2.45, 2.75) is 13.3 Å². The highest BCUT2D eigenvalue weighted by atomic mass is 35.5. The molecule has 2 rings (SSSR count). The lowest BCUT2D eigenvalue weighted by atomic mass is 10.2. The van der Waals surface area contributed by atoms with Crippen LogP contribution < -0.4 is 0 Å². The number of aromatic nitrogens is 1. The summed E-state index contributed by atoms with van der Waals surface area (Å²) in [6, 6.07) is 5.69. The van der Waals surface area contributed by atoms with E-state index in [1.807, 2.05) is 24.4 Å². The van der Waals surface area contributed by atoms with E-state index in [4.69, 9.17) is 23.2 Å². The molecule has 0 radical (unpaired) electrons. The van der Waals surface area contributed by atoms with Crippen molar-refractivity contribution in [2.24, 2.45) is 0 Å². The molecule has 0 spiro atoms. The van der Waals surface area contributed by atoms with Crippen molar-refractivity contribution in [3.63, 3.8) is 0 Å². The highest BCUT2D eigenvalue weighted by Gasteiger charge is 2.03. The average Bonchev–Trinajstić information content (AvgIpc) is 2.58. The van der Waals surface area contributed by atoms with Gasteiger partial charge in [0, 0.05) is 17.5 Å². The molecule has 2 aromatic rings. The molecule has 15 heavy (non-hydrogen) atoms. The van der Waals surface area contributed by atoms with Gasteiger partial charge < -0.3 is 0 Å². The molecule has 0 bridgehead atoms. The van der Waals surface area contributed by atoms with Crippen molar-refractivity contribution < 1.29 is 0 Å². The monoisotopic (exact) mass is 257 g/mol. The molecule has 0 amide bonds. The molecule has 0 atom stereocenters. The van der Waals surface area contributed by atoms with Crippen molar-refractivity contribution in [3.8, 4) is 0 Å². The Morgan fingerprint density at radius 3 is 2.67 bits per heavy atom. The summed E-state index contributed by atoms with van der Waals surface area (Å²) >= 11 is 13.5. The van der Waals surface area contributed by atoms with Gasteiger partial charge in [-0.3, -0.25) is 0 Å². The first-order valence-corrected chi connectivity index (χ1v) is 6.07. The van der Waals surface area contributed by atoms with Gasteiger partial charge in [-0.25, -0.2) is 4.98 Å². The molecule has 4 heteroatoms.